The van der Waals surface area contributed by atoms with E-state index >= 15 is 0 Å². The minimum Gasteiger partial charge on any atom is -0.478 e. The minimum absolute atomic E-state index is 0.126. The van der Waals surface area contributed by atoms with E-state index in [1.54, 1.807) is 12.1 Å². The van der Waals surface area contributed by atoms with Gasteiger partial charge in [0.15, 0.2) is 0 Å². The normalized spacial score (nSPS) is 12.1. The van der Waals surface area contributed by atoms with Crippen LogP contribution in [0.3, 0.4) is 0 Å². The second kappa shape index (κ2) is 7.67. The highest BCUT2D eigenvalue weighted by Crippen LogP contribution is 2.27. The zero-order chi connectivity index (χ0) is 17.0. The number of aromatic carboxylic acids is 1. The number of anilines is 1. The number of thiazole rings is 1. The van der Waals surface area contributed by atoms with Crippen molar-refractivity contribution in [1.29, 1.82) is 0 Å². The molecule has 1 heterocycles. The van der Waals surface area contributed by atoms with Crippen molar-refractivity contribution in [3.8, 4) is 0 Å². The summed E-state index contributed by atoms with van der Waals surface area (Å²) < 4.78 is 13.3. The van der Waals surface area contributed by atoms with Crippen LogP contribution in [0.25, 0.3) is 0 Å². The van der Waals surface area contributed by atoms with Gasteiger partial charge in [-0.25, -0.2) is 14.0 Å². The molecular weight excluding hydrogens is 334 g/mol. The largest absolute Gasteiger partial charge is 0.478 e. The number of nitrogens with zero attached hydrogens (tertiary/aromatic N) is 2. The molecule has 2 aromatic rings. The fourth-order valence-corrected chi connectivity index (χ4v) is 4.42. The summed E-state index contributed by atoms with van der Waals surface area (Å²) in [5.41, 5.74) is 6.41. The fourth-order valence-electron chi connectivity index (χ4n) is 2.17. The van der Waals surface area contributed by atoms with Gasteiger partial charge in [-0.05, 0) is 32.0 Å². The highest BCUT2D eigenvalue weighted by molar-refractivity contribution is 7.87. The van der Waals surface area contributed by atoms with Gasteiger partial charge in [0, 0.05) is 30.2 Å². The van der Waals surface area contributed by atoms with Crippen LogP contribution in [0.15, 0.2) is 33.5 Å². The SMILES string of the molecule is CCN(CC)c1cc(C(=O)O)cc(S(=O)c2cnc(CN)s2)c1. The quantitative estimate of drug-likeness (QED) is 0.793. The number of hydrogen-bond donors (Lipinski definition) is 2. The maximum atomic E-state index is 12.7. The van der Waals surface area contributed by atoms with Crippen LogP contribution in [0.4, 0.5) is 5.69 Å². The van der Waals surface area contributed by atoms with E-state index in [0.29, 0.717) is 20.7 Å². The monoisotopic (exact) mass is 353 g/mol. The van der Waals surface area contributed by atoms with Crippen molar-refractivity contribution in [1.82, 2.24) is 4.98 Å². The second-order valence-electron chi connectivity index (χ2n) is 4.74. The van der Waals surface area contributed by atoms with Crippen LogP contribution in [0, 0.1) is 0 Å². The Hall–Kier alpha value is -1.77. The molecule has 0 saturated carbocycles. The summed E-state index contributed by atoms with van der Waals surface area (Å²) in [6, 6.07) is 4.83. The highest BCUT2D eigenvalue weighted by Gasteiger charge is 2.16. The van der Waals surface area contributed by atoms with Gasteiger partial charge < -0.3 is 15.7 Å². The summed E-state index contributed by atoms with van der Waals surface area (Å²) in [6.45, 7) is 5.75. The van der Waals surface area contributed by atoms with Gasteiger partial charge in [0.25, 0.3) is 0 Å². The lowest BCUT2D eigenvalue weighted by Gasteiger charge is -2.22. The van der Waals surface area contributed by atoms with Gasteiger partial charge in [-0.1, -0.05) is 0 Å². The maximum absolute atomic E-state index is 12.7. The lowest BCUT2D eigenvalue weighted by atomic mass is 10.2. The molecule has 124 valence electrons. The van der Waals surface area contributed by atoms with Crippen LogP contribution < -0.4 is 10.6 Å². The molecule has 2 rings (SSSR count). The first-order valence-electron chi connectivity index (χ1n) is 7.20. The van der Waals surface area contributed by atoms with E-state index < -0.39 is 16.8 Å². The van der Waals surface area contributed by atoms with E-state index in [4.69, 9.17) is 5.73 Å². The minimum atomic E-state index is -1.47. The Labute approximate surface area is 141 Å². The topological polar surface area (TPSA) is 96.5 Å². The van der Waals surface area contributed by atoms with Crippen molar-refractivity contribution >= 4 is 33.8 Å². The van der Waals surface area contributed by atoms with Crippen molar-refractivity contribution < 1.29 is 14.1 Å². The van der Waals surface area contributed by atoms with E-state index in [-0.39, 0.29) is 5.56 Å². The molecule has 0 saturated heterocycles. The smallest absolute Gasteiger partial charge is 0.335 e. The summed E-state index contributed by atoms with van der Waals surface area (Å²) in [4.78, 5) is 17.9. The predicted molar refractivity (Wildman–Crippen MR) is 91.6 cm³/mol. The number of carboxylic acid groups (broad SMARTS) is 1. The Morgan fingerprint density at radius 1 is 1.35 bits per heavy atom. The molecule has 1 aromatic heterocycles. The Morgan fingerprint density at radius 2 is 2.04 bits per heavy atom. The van der Waals surface area contributed by atoms with E-state index in [1.807, 2.05) is 18.7 Å². The molecule has 0 amide bonds. The maximum Gasteiger partial charge on any atom is 0.335 e. The first-order valence-corrected chi connectivity index (χ1v) is 9.16. The van der Waals surface area contributed by atoms with Crippen molar-refractivity contribution in [2.24, 2.45) is 5.73 Å². The number of hydrogen-bond acceptors (Lipinski definition) is 6. The van der Waals surface area contributed by atoms with Gasteiger partial charge in [0.2, 0.25) is 0 Å². The number of carbonyl (C=O) groups is 1. The van der Waals surface area contributed by atoms with E-state index in [0.717, 1.165) is 18.8 Å². The fraction of sp³-hybridized carbons (Fsp3) is 0.333. The third-order valence-electron chi connectivity index (χ3n) is 3.37. The van der Waals surface area contributed by atoms with E-state index in [9.17, 15) is 14.1 Å². The molecular formula is C15H19N3O3S2. The molecule has 1 aromatic carbocycles. The predicted octanol–water partition coefficient (Wildman–Crippen LogP) is 2.31. The van der Waals surface area contributed by atoms with Crippen LogP contribution in [0.5, 0.6) is 0 Å². The van der Waals surface area contributed by atoms with Crippen molar-refractivity contribution in [2.75, 3.05) is 18.0 Å². The van der Waals surface area contributed by atoms with Gasteiger partial charge in [-0.15, -0.1) is 11.3 Å². The summed E-state index contributed by atoms with van der Waals surface area (Å²) in [7, 11) is -1.47. The van der Waals surface area contributed by atoms with Crippen molar-refractivity contribution in [2.45, 2.75) is 29.5 Å². The van der Waals surface area contributed by atoms with Crippen LogP contribution >= 0.6 is 11.3 Å². The van der Waals surface area contributed by atoms with Gasteiger partial charge in [0.05, 0.1) is 22.6 Å². The van der Waals surface area contributed by atoms with Crippen LogP contribution in [-0.4, -0.2) is 33.4 Å². The van der Waals surface area contributed by atoms with Gasteiger partial charge in [-0.3, -0.25) is 0 Å². The number of benzene rings is 1. The standard InChI is InChI=1S/C15H19N3O3S2/c1-3-18(4-2)11-5-10(15(19)20)6-12(7-11)23(21)14-9-17-13(8-16)22-14/h5-7,9H,3-4,8,16H2,1-2H3,(H,19,20). The Bertz CT molecular complexity index is 727. The lowest BCUT2D eigenvalue weighted by molar-refractivity contribution is 0.0696. The zero-order valence-electron chi connectivity index (χ0n) is 13.0. The molecule has 3 N–H and O–H groups in total. The third kappa shape index (κ3) is 3.95. The molecule has 0 spiro atoms. The summed E-state index contributed by atoms with van der Waals surface area (Å²) in [5.74, 6) is -1.04. The molecule has 0 fully saturated rings. The molecule has 6 nitrogen and oxygen atoms in total. The van der Waals surface area contributed by atoms with Crippen molar-refractivity contribution in [3.05, 3.63) is 35.0 Å². The Kier molecular flexibility index (Phi) is 5.86. The summed E-state index contributed by atoms with van der Waals surface area (Å²) in [5, 5.41) is 10.0. The van der Waals surface area contributed by atoms with Gasteiger partial charge in [0.1, 0.15) is 9.22 Å². The van der Waals surface area contributed by atoms with E-state index in [2.05, 4.69) is 4.98 Å². The summed E-state index contributed by atoms with van der Waals surface area (Å²) >= 11 is 1.28. The molecule has 0 bridgehead atoms. The molecule has 23 heavy (non-hydrogen) atoms. The molecule has 0 aliphatic rings. The van der Waals surface area contributed by atoms with Crippen molar-refractivity contribution in [3.63, 3.8) is 0 Å². The summed E-state index contributed by atoms with van der Waals surface area (Å²) in [6.07, 6.45) is 1.54. The molecule has 1 unspecified atom stereocenters. The second-order valence-corrected chi connectivity index (χ2v) is 7.56. The van der Waals surface area contributed by atoms with Gasteiger partial charge in [-0.2, -0.15) is 0 Å². The number of rotatable bonds is 7. The Balaban J connectivity index is 2.47. The van der Waals surface area contributed by atoms with Gasteiger partial charge >= 0.3 is 5.97 Å². The molecule has 1 atom stereocenters. The molecule has 0 aliphatic carbocycles. The first-order chi connectivity index (χ1) is 11.0. The average Bonchev–Trinajstić information content (AvgIpc) is 3.04. The number of aromatic nitrogens is 1. The van der Waals surface area contributed by atoms with Crippen LogP contribution in [0.2, 0.25) is 0 Å². The first kappa shape index (κ1) is 17.6. The molecule has 0 radical (unpaired) electrons. The van der Waals surface area contributed by atoms with Crippen LogP contribution in [-0.2, 0) is 17.3 Å². The number of nitrogens with two attached hydrogens (primary N) is 1. The number of carboxylic acids is 1. The lowest BCUT2D eigenvalue weighted by Crippen LogP contribution is -2.22. The average molecular weight is 353 g/mol. The van der Waals surface area contributed by atoms with E-state index in [1.165, 1.54) is 23.6 Å². The van der Waals surface area contributed by atoms with Crippen LogP contribution in [0.1, 0.15) is 29.2 Å². The molecule has 8 heteroatoms. The highest BCUT2D eigenvalue weighted by atomic mass is 32.2. The Morgan fingerprint density at radius 3 is 2.57 bits per heavy atom. The third-order valence-corrected chi connectivity index (χ3v) is 6.02. The zero-order valence-corrected chi connectivity index (χ0v) is 14.6. The molecule has 0 aliphatic heterocycles.